The van der Waals surface area contributed by atoms with Gasteiger partial charge in [0.15, 0.2) is 5.78 Å². The Kier molecular flexibility index (Phi) is 5.62. The summed E-state index contributed by atoms with van der Waals surface area (Å²) in [7, 11) is 1.34. The number of esters is 1. The fourth-order valence-electron chi connectivity index (χ4n) is 5.93. The summed E-state index contributed by atoms with van der Waals surface area (Å²) in [5.74, 6) is -1.70. The van der Waals surface area contributed by atoms with Gasteiger partial charge in [-0.2, -0.15) is 0 Å². The summed E-state index contributed by atoms with van der Waals surface area (Å²) in [6, 6.07) is 25.4. The highest BCUT2D eigenvalue weighted by Gasteiger charge is 2.60. The molecule has 1 fully saturated rings. The standard InChI is InChI=1S/C29H29NO4/c1-18(2)27(32)25-24(31)17-30(26(25)28(33)34-3)29(19-11-5-4-6-12-19)22-15-9-7-13-20(22)21-14-8-10-16-23(21)29/h4-16,18,25-27,32H,17H2,1-3H3/t25-,26-,27-/m0/s1. The van der Waals surface area contributed by atoms with E-state index in [2.05, 4.69) is 24.3 Å². The Hall–Kier alpha value is -3.28. The third-order valence-corrected chi connectivity index (χ3v) is 7.41. The summed E-state index contributed by atoms with van der Waals surface area (Å²) in [4.78, 5) is 28.8. The van der Waals surface area contributed by atoms with Crippen molar-refractivity contribution in [1.82, 2.24) is 4.90 Å². The monoisotopic (exact) mass is 455 g/mol. The minimum atomic E-state index is -0.957. The van der Waals surface area contributed by atoms with Crippen LogP contribution < -0.4 is 0 Å². The first-order valence-electron chi connectivity index (χ1n) is 11.7. The number of aliphatic hydroxyl groups is 1. The van der Waals surface area contributed by atoms with E-state index in [4.69, 9.17) is 4.74 Å². The molecule has 0 spiro atoms. The Morgan fingerprint density at radius 1 is 0.941 bits per heavy atom. The van der Waals surface area contributed by atoms with Crippen LogP contribution in [-0.4, -0.2) is 47.6 Å². The number of hydrogen-bond acceptors (Lipinski definition) is 5. The maximum absolute atomic E-state index is 13.5. The molecular formula is C29H29NO4. The minimum absolute atomic E-state index is 0.0335. The van der Waals surface area contributed by atoms with Gasteiger partial charge in [-0.05, 0) is 33.7 Å². The van der Waals surface area contributed by atoms with Gasteiger partial charge in [-0.3, -0.25) is 14.5 Å². The Morgan fingerprint density at radius 2 is 1.47 bits per heavy atom. The molecule has 1 saturated heterocycles. The van der Waals surface area contributed by atoms with E-state index in [1.807, 2.05) is 73.3 Å². The van der Waals surface area contributed by atoms with Crippen molar-refractivity contribution in [3.05, 3.63) is 95.6 Å². The number of fused-ring (bicyclic) bond motifs is 3. The number of rotatable bonds is 5. The number of aliphatic hydroxyl groups excluding tert-OH is 1. The highest BCUT2D eigenvalue weighted by atomic mass is 16.5. The van der Waals surface area contributed by atoms with Crippen molar-refractivity contribution in [2.45, 2.75) is 31.5 Å². The van der Waals surface area contributed by atoms with Crippen LogP contribution in [0, 0.1) is 11.8 Å². The van der Waals surface area contributed by atoms with Crippen LogP contribution in [0.15, 0.2) is 78.9 Å². The quantitative estimate of drug-likeness (QED) is 0.589. The molecule has 34 heavy (non-hydrogen) atoms. The normalized spacial score (nSPS) is 21.9. The first-order chi connectivity index (χ1) is 16.4. The number of hydrogen-bond donors (Lipinski definition) is 1. The third-order valence-electron chi connectivity index (χ3n) is 7.41. The zero-order chi connectivity index (χ0) is 24.0. The SMILES string of the molecule is COC(=O)[C@@H]1[C@@H]([C@@H](O)C(C)C)C(=O)CN1C1(c2ccccc2)c2ccccc2-c2ccccc21. The molecule has 5 heteroatoms. The summed E-state index contributed by atoms with van der Waals surface area (Å²) in [5.41, 5.74) is 4.27. The molecule has 0 bridgehead atoms. The molecule has 3 atom stereocenters. The van der Waals surface area contributed by atoms with Gasteiger partial charge in [0.2, 0.25) is 0 Å². The summed E-state index contributed by atoms with van der Waals surface area (Å²) in [6.45, 7) is 3.76. The van der Waals surface area contributed by atoms with Crippen LogP contribution in [0.3, 0.4) is 0 Å². The van der Waals surface area contributed by atoms with E-state index in [-0.39, 0.29) is 18.2 Å². The van der Waals surface area contributed by atoms with E-state index >= 15 is 0 Å². The van der Waals surface area contributed by atoms with Crippen molar-refractivity contribution in [3.63, 3.8) is 0 Å². The number of ketones is 1. The fraction of sp³-hybridized carbons (Fsp3) is 0.310. The van der Waals surface area contributed by atoms with Gasteiger partial charge in [0.25, 0.3) is 0 Å². The van der Waals surface area contributed by atoms with Crippen LogP contribution in [0.5, 0.6) is 0 Å². The Morgan fingerprint density at radius 3 is 2.00 bits per heavy atom. The molecule has 5 nitrogen and oxygen atoms in total. The number of methoxy groups -OCH3 is 1. The van der Waals surface area contributed by atoms with Gasteiger partial charge >= 0.3 is 5.97 Å². The molecule has 3 aromatic carbocycles. The van der Waals surface area contributed by atoms with Crippen LogP contribution in [0.4, 0.5) is 0 Å². The van der Waals surface area contributed by atoms with Gasteiger partial charge in [-0.25, -0.2) is 0 Å². The van der Waals surface area contributed by atoms with Crippen molar-refractivity contribution in [2.75, 3.05) is 13.7 Å². The summed E-state index contributed by atoms with van der Waals surface area (Å²) in [5, 5.41) is 11.1. The predicted molar refractivity (Wildman–Crippen MR) is 130 cm³/mol. The molecule has 0 aromatic heterocycles. The van der Waals surface area contributed by atoms with E-state index in [9.17, 15) is 14.7 Å². The number of benzene rings is 3. The van der Waals surface area contributed by atoms with E-state index in [0.717, 1.165) is 27.8 Å². The highest BCUT2D eigenvalue weighted by Crippen LogP contribution is 2.56. The van der Waals surface area contributed by atoms with E-state index < -0.39 is 29.6 Å². The van der Waals surface area contributed by atoms with Gasteiger partial charge in [0.1, 0.15) is 6.04 Å². The number of carbonyl (C=O) groups excluding carboxylic acids is 2. The molecule has 0 unspecified atom stereocenters. The lowest BCUT2D eigenvalue weighted by molar-refractivity contribution is -0.151. The molecule has 1 aliphatic heterocycles. The van der Waals surface area contributed by atoms with Crippen molar-refractivity contribution in [3.8, 4) is 11.1 Å². The third kappa shape index (κ3) is 3.07. The van der Waals surface area contributed by atoms with Crippen molar-refractivity contribution < 1.29 is 19.4 Å². The van der Waals surface area contributed by atoms with Crippen LogP contribution in [0.1, 0.15) is 30.5 Å². The smallest absolute Gasteiger partial charge is 0.324 e. The summed E-state index contributed by atoms with van der Waals surface area (Å²) in [6.07, 6.45) is -0.957. The first-order valence-corrected chi connectivity index (χ1v) is 11.7. The number of carbonyl (C=O) groups is 2. The van der Waals surface area contributed by atoms with Crippen LogP contribution in [0.25, 0.3) is 11.1 Å². The maximum atomic E-state index is 13.5. The molecule has 2 aliphatic rings. The van der Waals surface area contributed by atoms with Gasteiger partial charge < -0.3 is 9.84 Å². The summed E-state index contributed by atoms with van der Waals surface area (Å²) >= 11 is 0. The number of likely N-dealkylation sites (tertiary alicyclic amines) is 1. The lowest BCUT2D eigenvalue weighted by Crippen LogP contribution is -2.55. The van der Waals surface area contributed by atoms with Crippen molar-refractivity contribution in [2.24, 2.45) is 11.8 Å². The van der Waals surface area contributed by atoms with Gasteiger partial charge in [0.05, 0.1) is 31.2 Å². The molecular weight excluding hydrogens is 426 g/mol. The fourth-order valence-corrected chi connectivity index (χ4v) is 5.93. The second kappa shape index (κ2) is 8.49. The molecule has 5 rings (SSSR count). The second-order valence-corrected chi connectivity index (χ2v) is 9.49. The first kappa shape index (κ1) is 22.5. The summed E-state index contributed by atoms with van der Waals surface area (Å²) < 4.78 is 5.25. The van der Waals surface area contributed by atoms with Crippen molar-refractivity contribution in [1.29, 1.82) is 0 Å². The minimum Gasteiger partial charge on any atom is -0.468 e. The maximum Gasteiger partial charge on any atom is 0.324 e. The molecule has 0 amide bonds. The topological polar surface area (TPSA) is 66.8 Å². The molecule has 1 aliphatic carbocycles. The number of ether oxygens (including phenoxy) is 1. The van der Waals surface area contributed by atoms with Gasteiger partial charge in [-0.15, -0.1) is 0 Å². The largest absolute Gasteiger partial charge is 0.468 e. The van der Waals surface area contributed by atoms with Crippen LogP contribution >= 0.6 is 0 Å². The van der Waals surface area contributed by atoms with E-state index in [1.54, 1.807) is 0 Å². The molecule has 174 valence electrons. The second-order valence-electron chi connectivity index (χ2n) is 9.49. The van der Waals surface area contributed by atoms with Crippen LogP contribution in [-0.2, 0) is 19.9 Å². The average Bonchev–Trinajstić information content (AvgIpc) is 3.36. The average molecular weight is 456 g/mol. The van der Waals surface area contributed by atoms with Gasteiger partial charge in [-0.1, -0.05) is 92.7 Å². The van der Waals surface area contributed by atoms with Crippen LogP contribution in [0.2, 0.25) is 0 Å². The molecule has 1 heterocycles. The van der Waals surface area contributed by atoms with E-state index in [0.29, 0.717) is 0 Å². The van der Waals surface area contributed by atoms with Crippen molar-refractivity contribution >= 4 is 11.8 Å². The molecule has 0 saturated carbocycles. The molecule has 0 radical (unpaired) electrons. The highest BCUT2D eigenvalue weighted by molar-refractivity contribution is 5.95. The number of Topliss-reactive ketones (excluding diaryl/α,β-unsaturated/α-hetero) is 1. The Bertz CT molecular complexity index is 1190. The lowest BCUT2D eigenvalue weighted by atomic mass is 9.77. The zero-order valence-corrected chi connectivity index (χ0v) is 19.6. The molecule has 1 N–H and O–H groups in total. The number of nitrogens with zero attached hydrogens (tertiary/aromatic N) is 1. The zero-order valence-electron chi connectivity index (χ0n) is 19.6. The predicted octanol–water partition coefficient (Wildman–Crippen LogP) is 4.02. The van der Waals surface area contributed by atoms with E-state index in [1.165, 1.54) is 7.11 Å². The lowest BCUT2D eigenvalue weighted by Gasteiger charge is -2.44. The van der Waals surface area contributed by atoms with Gasteiger partial charge in [0, 0.05) is 0 Å². The molecule has 3 aromatic rings. The Labute approximate surface area is 200 Å². The Balaban J connectivity index is 1.84.